The van der Waals surface area contributed by atoms with Crippen LogP contribution in [0, 0.1) is 0 Å². The van der Waals surface area contributed by atoms with Crippen molar-refractivity contribution in [2.75, 3.05) is 7.11 Å². The van der Waals surface area contributed by atoms with Gasteiger partial charge in [-0.25, -0.2) is 0 Å². The number of methoxy groups -OCH3 is 1. The highest BCUT2D eigenvalue weighted by Crippen LogP contribution is 2.25. The molecule has 2 aromatic carbocycles. The van der Waals surface area contributed by atoms with Crippen molar-refractivity contribution in [3.63, 3.8) is 0 Å². The fraction of sp³-hybridized carbons (Fsp3) is 0.278. The largest absolute Gasteiger partial charge is 0.496 e. The van der Waals surface area contributed by atoms with E-state index in [1.165, 1.54) is 0 Å². The molecule has 2 aromatic rings. The van der Waals surface area contributed by atoms with Gasteiger partial charge < -0.3 is 14.8 Å². The number of halogens is 1. The fourth-order valence-corrected chi connectivity index (χ4v) is 2.43. The van der Waals surface area contributed by atoms with E-state index in [1.54, 1.807) is 37.4 Å². The van der Waals surface area contributed by atoms with Crippen molar-refractivity contribution in [3.8, 4) is 11.5 Å². The van der Waals surface area contributed by atoms with Crippen LogP contribution in [0.5, 0.6) is 11.5 Å². The summed E-state index contributed by atoms with van der Waals surface area (Å²) in [7, 11) is 1.60. The molecule has 0 bridgehead atoms. The Bertz CT molecular complexity index is 713. The van der Waals surface area contributed by atoms with Crippen LogP contribution in [0.15, 0.2) is 42.5 Å². The van der Waals surface area contributed by atoms with Crippen molar-refractivity contribution in [1.29, 1.82) is 0 Å². The van der Waals surface area contributed by atoms with Gasteiger partial charge in [-0.05, 0) is 49.2 Å². The first-order chi connectivity index (χ1) is 11.2. The molecule has 5 heteroatoms. The molecule has 4 nitrogen and oxygen atoms in total. The number of rotatable bonds is 6. The first-order valence-electron chi connectivity index (χ1n) is 7.52. The smallest absolute Gasteiger partial charge is 0.251 e. The molecule has 1 aliphatic carbocycles. The molecule has 1 N–H and O–H groups in total. The predicted octanol–water partition coefficient (Wildman–Crippen LogP) is 3.82. The summed E-state index contributed by atoms with van der Waals surface area (Å²) in [6, 6.07) is 12.9. The van der Waals surface area contributed by atoms with Gasteiger partial charge in [0, 0.05) is 22.2 Å². The van der Waals surface area contributed by atoms with E-state index in [0.717, 1.165) is 18.4 Å². The number of amides is 1. The summed E-state index contributed by atoms with van der Waals surface area (Å²) >= 11 is 5.95. The van der Waals surface area contributed by atoms with Gasteiger partial charge in [0.1, 0.15) is 18.1 Å². The molecular weight excluding hydrogens is 314 g/mol. The molecule has 1 amide bonds. The number of nitrogens with one attached hydrogen (secondary N) is 1. The summed E-state index contributed by atoms with van der Waals surface area (Å²) < 4.78 is 11.1. The van der Waals surface area contributed by atoms with Gasteiger partial charge in [-0.15, -0.1) is 0 Å². The number of carbonyl (C=O) groups is 1. The predicted molar refractivity (Wildman–Crippen MR) is 89.3 cm³/mol. The van der Waals surface area contributed by atoms with Gasteiger partial charge in [-0.1, -0.05) is 17.7 Å². The van der Waals surface area contributed by atoms with Gasteiger partial charge in [-0.2, -0.15) is 0 Å². The SMILES string of the molecule is COc1ccc(C(=O)NC2CC2)cc1COc1cccc(Cl)c1. The van der Waals surface area contributed by atoms with E-state index >= 15 is 0 Å². The minimum absolute atomic E-state index is 0.0563. The van der Waals surface area contributed by atoms with E-state index in [-0.39, 0.29) is 5.91 Å². The van der Waals surface area contributed by atoms with E-state index in [4.69, 9.17) is 21.1 Å². The summed E-state index contributed by atoms with van der Waals surface area (Å²) in [5.74, 6) is 1.31. The zero-order valence-corrected chi connectivity index (χ0v) is 13.6. The normalized spacial score (nSPS) is 13.5. The highest BCUT2D eigenvalue weighted by molar-refractivity contribution is 6.30. The summed E-state index contributed by atoms with van der Waals surface area (Å²) in [6.07, 6.45) is 2.12. The molecular formula is C18H18ClNO3. The molecule has 3 rings (SSSR count). The molecule has 0 radical (unpaired) electrons. The topological polar surface area (TPSA) is 47.6 Å². The Morgan fingerprint density at radius 3 is 2.78 bits per heavy atom. The highest BCUT2D eigenvalue weighted by atomic mass is 35.5. The lowest BCUT2D eigenvalue weighted by Crippen LogP contribution is -2.25. The Morgan fingerprint density at radius 2 is 2.09 bits per heavy atom. The maximum absolute atomic E-state index is 12.2. The Kier molecular flexibility index (Phi) is 4.72. The molecule has 0 spiro atoms. The number of carbonyl (C=O) groups excluding carboxylic acids is 1. The van der Waals surface area contributed by atoms with Gasteiger partial charge in [-0.3, -0.25) is 4.79 Å². The van der Waals surface area contributed by atoms with Crippen molar-refractivity contribution < 1.29 is 14.3 Å². The average molecular weight is 332 g/mol. The molecule has 0 aliphatic heterocycles. The standard InChI is InChI=1S/C18H18ClNO3/c1-22-17-8-5-12(18(21)20-15-6-7-15)9-13(17)11-23-16-4-2-3-14(19)10-16/h2-5,8-10,15H,6-7,11H2,1H3,(H,20,21). The van der Waals surface area contributed by atoms with Crippen LogP contribution in [0.25, 0.3) is 0 Å². The van der Waals surface area contributed by atoms with Crippen molar-refractivity contribution in [3.05, 3.63) is 58.6 Å². The van der Waals surface area contributed by atoms with Crippen LogP contribution in [0.4, 0.5) is 0 Å². The van der Waals surface area contributed by atoms with Crippen LogP contribution in [0.1, 0.15) is 28.8 Å². The van der Waals surface area contributed by atoms with Crippen molar-refractivity contribution in [1.82, 2.24) is 5.32 Å². The third-order valence-electron chi connectivity index (χ3n) is 3.65. The third-order valence-corrected chi connectivity index (χ3v) is 3.88. The van der Waals surface area contributed by atoms with Crippen LogP contribution < -0.4 is 14.8 Å². The molecule has 0 heterocycles. The van der Waals surface area contributed by atoms with Crippen LogP contribution in [-0.2, 0) is 6.61 Å². The van der Waals surface area contributed by atoms with Gasteiger partial charge in [0.05, 0.1) is 7.11 Å². The number of hydrogen-bond donors (Lipinski definition) is 1. The molecule has 0 unspecified atom stereocenters. The fourth-order valence-electron chi connectivity index (χ4n) is 2.25. The van der Waals surface area contributed by atoms with Crippen LogP contribution in [-0.4, -0.2) is 19.1 Å². The van der Waals surface area contributed by atoms with Crippen LogP contribution in [0.2, 0.25) is 5.02 Å². The van der Waals surface area contributed by atoms with Crippen LogP contribution in [0.3, 0.4) is 0 Å². The molecule has 0 aromatic heterocycles. The van der Waals surface area contributed by atoms with Crippen LogP contribution >= 0.6 is 11.6 Å². The van der Waals surface area contributed by atoms with Crippen molar-refractivity contribution in [2.45, 2.75) is 25.5 Å². The molecule has 120 valence electrons. The lowest BCUT2D eigenvalue weighted by atomic mass is 10.1. The van der Waals surface area contributed by atoms with E-state index in [9.17, 15) is 4.79 Å². The van der Waals surface area contributed by atoms with Crippen molar-refractivity contribution >= 4 is 17.5 Å². The minimum atomic E-state index is -0.0563. The molecule has 1 saturated carbocycles. The van der Waals surface area contributed by atoms with Crippen molar-refractivity contribution in [2.24, 2.45) is 0 Å². The molecule has 1 aliphatic rings. The van der Waals surface area contributed by atoms with Gasteiger partial charge >= 0.3 is 0 Å². The van der Waals surface area contributed by atoms with Gasteiger partial charge in [0.15, 0.2) is 0 Å². The Labute approximate surface area is 140 Å². The second kappa shape index (κ2) is 6.92. The van der Waals surface area contributed by atoms with Gasteiger partial charge in [0.25, 0.3) is 5.91 Å². The molecule has 1 fully saturated rings. The maximum Gasteiger partial charge on any atom is 0.251 e. The lowest BCUT2D eigenvalue weighted by molar-refractivity contribution is 0.0951. The first-order valence-corrected chi connectivity index (χ1v) is 7.89. The Morgan fingerprint density at radius 1 is 1.26 bits per heavy atom. The minimum Gasteiger partial charge on any atom is -0.496 e. The first kappa shape index (κ1) is 15.7. The third kappa shape index (κ3) is 4.17. The maximum atomic E-state index is 12.2. The zero-order valence-electron chi connectivity index (χ0n) is 12.8. The summed E-state index contributed by atoms with van der Waals surface area (Å²) in [6.45, 7) is 0.300. The van der Waals surface area contributed by atoms with E-state index < -0.39 is 0 Å². The van der Waals surface area contributed by atoms with E-state index in [2.05, 4.69) is 5.32 Å². The Balaban J connectivity index is 1.74. The monoisotopic (exact) mass is 331 g/mol. The molecule has 0 atom stereocenters. The molecule has 0 saturated heterocycles. The second-order valence-corrected chi connectivity index (χ2v) is 5.96. The highest BCUT2D eigenvalue weighted by Gasteiger charge is 2.24. The summed E-state index contributed by atoms with van der Waals surface area (Å²) in [5.41, 5.74) is 1.43. The number of ether oxygens (including phenoxy) is 2. The van der Waals surface area contributed by atoms with Gasteiger partial charge in [0.2, 0.25) is 0 Å². The average Bonchev–Trinajstić information content (AvgIpc) is 3.36. The lowest BCUT2D eigenvalue weighted by Gasteiger charge is -2.12. The quantitative estimate of drug-likeness (QED) is 0.875. The number of hydrogen-bond acceptors (Lipinski definition) is 3. The second-order valence-electron chi connectivity index (χ2n) is 5.52. The van der Waals surface area contributed by atoms with E-state index in [1.807, 2.05) is 12.1 Å². The Hall–Kier alpha value is -2.20. The number of benzene rings is 2. The summed E-state index contributed by atoms with van der Waals surface area (Å²) in [5, 5.41) is 3.60. The zero-order chi connectivity index (χ0) is 16.2. The molecule has 23 heavy (non-hydrogen) atoms. The summed E-state index contributed by atoms with van der Waals surface area (Å²) in [4.78, 5) is 12.2. The van der Waals surface area contributed by atoms with E-state index in [0.29, 0.717) is 34.7 Å².